The number of nitrogens with one attached hydrogen (secondary N) is 1. The number of carboxylic acids is 1. The summed E-state index contributed by atoms with van der Waals surface area (Å²) in [5, 5.41) is 14.2. The third-order valence-corrected chi connectivity index (χ3v) is 6.01. The number of carbonyl (C=O) groups excluding carboxylic acids is 2. The maximum Gasteiger partial charge on any atom is 1.00 e. The van der Waals surface area contributed by atoms with E-state index in [1.54, 1.807) is 0 Å². The van der Waals surface area contributed by atoms with Crippen LogP contribution >= 0.6 is 0 Å². The van der Waals surface area contributed by atoms with Gasteiger partial charge in [0.15, 0.2) is 5.78 Å². The molecule has 3 aromatic rings. The van der Waals surface area contributed by atoms with Crippen molar-refractivity contribution in [2.24, 2.45) is 0 Å². The van der Waals surface area contributed by atoms with Gasteiger partial charge in [-0.25, -0.2) is 0 Å². The van der Waals surface area contributed by atoms with Crippen molar-refractivity contribution in [3.63, 3.8) is 0 Å². The summed E-state index contributed by atoms with van der Waals surface area (Å²) in [7, 11) is 0. The van der Waals surface area contributed by atoms with E-state index in [0.717, 1.165) is 37.1 Å². The van der Waals surface area contributed by atoms with E-state index in [4.69, 9.17) is 0 Å². The number of aromatic nitrogens is 1. The average molecular weight is 483 g/mol. The summed E-state index contributed by atoms with van der Waals surface area (Å²) in [6.45, 7) is 5.55. The average Bonchev–Trinajstić information content (AvgIpc) is 3.26. The van der Waals surface area contributed by atoms with Crippen LogP contribution in [-0.2, 0) is 17.8 Å². The predicted octanol–water partition coefficient (Wildman–Crippen LogP) is 2.20. The Morgan fingerprint density at radius 2 is 1.71 bits per heavy atom. The van der Waals surface area contributed by atoms with Crippen LogP contribution < -0.4 is 40.0 Å². The van der Waals surface area contributed by atoms with E-state index in [9.17, 15) is 14.7 Å². The van der Waals surface area contributed by atoms with Crippen molar-refractivity contribution >= 4 is 17.4 Å². The SMILES string of the molecule is CC(C)c1cn(CCCC(=O)[O-])cc1C(=O)c1cccc(NCCCCCc2ccccc2)c1.[Na+]. The number of anilines is 1. The van der Waals surface area contributed by atoms with Crippen LogP contribution in [0.15, 0.2) is 67.0 Å². The van der Waals surface area contributed by atoms with E-state index in [0.29, 0.717) is 24.1 Å². The number of benzene rings is 2. The Kier molecular flexibility index (Phi) is 12.3. The monoisotopic (exact) mass is 482 g/mol. The first kappa shape index (κ1) is 28.9. The van der Waals surface area contributed by atoms with Crippen molar-refractivity contribution < 1.29 is 44.3 Å². The largest absolute Gasteiger partial charge is 1.00 e. The molecule has 0 fully saturated rings. The molecule has 0 aliphatic rings. The van der Waals surface area contributed by atoms with E-state index in [1.165, 1.54) is 12.0 Å². The Labute approximate surface area is 231 Å². The Bertz CT molecular complexity index is 1080. The van der Waals surface area contributed by atoms with E-state index in [-0.39, 0.29) is 47.7 Å². The molecule has 1 N–H and O–H groups in total. The maximum atomic E-state index is 13.3. The van der Waals surface area contributed by atoms with Gasteiger partial charge in [0.2, 0.25) is 0 Å². The van der Waals surface area contributed by atoms with Crippen molar-refractivity contribution in [1.82, 2.24) is 4.57 Å². The van der Waals surface area contributed by atoms with Crippen LogP contribution in [0.25, 0.3) is 0 Å². The summed E-state index contributed by atoms with van der Waals surface area (Å²) in [6, 6.07) is 18.2. The summed E-state index contributed by atoms with van der Waals surface area (Å²) in [5.41, 5.74) is 4.66. The molecular weight excluding hydrogens is 447 g/mol. The molecular formula is C29H35N2NaO3. The smallest absolute Gasteiger partial charge is 0.550 e. The zero-order chi connectivity index (χ0) is 24.3. The molecule has 3 rings (SSSR count). The van der Waals surface area contributed by atoms with E-state index < -0.39 is 5.97 Å². The van der Waals surface area contributed by atoms with Gasteiger partial charge in [-0.1, -0.05) is 62.7 Å². The number of hydrogen-bond acceptors (Lipinski definition) is 4. The number of carbonyl (C=O) groups is 2. The molecule has 5 nitrogen and oxygen atoms in total. The van der Waals surface area contributed by atoms with Crippen LogP contribution in [0.3, 0.4) is 0 Å². The standard InChI is InChI=1S/C29H36N2O3.Na/c1-22(2)26-20-31(18-10-16-28(32)33)21-27(26)29(34)24-14-9-15-25(19-24)30-17-8-4-7-13-23-11-5-3-6-12-23;/h3,5-6,9,11-12,14-15,19-22,30H,4,7-8,10,13,16-18H2,1-2H3,(H,32,33);/q;+1/p-1. The molecule has 6 heteroatoms. The van der Waals surface area contributed by atoms with Gasteiger partial charge in [0.25, 0.3) is 0 Å². The predicted molar refractivity (Wildman–Crippen MR) is 135 cm³/mol. The third-order valence-electron chi connectivity index (χ3n) is 6.01. The molecule has 0 aliphatic heterocycles. The molecule has 0 atom stereocenters. The maximum absolute atomic E-state index is 13.3. The molecule has 0 saturated carbocycles. The summed E-state index contributed by atoms with van der Waals surface area (Å²) < 4.78 is 1.92. The fourth-order valence-electron chi connectivity index (χ4n) is 4.14. The van der Waals surface area contributed by atoms with Gasteiger partial charge in [-0.05, 0) is 61.3 Å². The Morgan fingerprint density at radius 3 is 2.43 bits per heavy atom. The number of aryl methyl sites for hydroxylation is 2. The fraction of sp³-hybridized carbons (Fsp3) is 0.379. The molecule has 35 heavy (non-hydrogen) atoms. The molecule has 1 aromatic heterocycles. The minimum absolute atomic E-state index is 0. The van der Waals surface area contributed by atoms with Crippen LogP contribution in [0.2, 0.25) is 0 Å². The van der Waals surface area contributed by atoms with Crippen LogP contribution in [0.4, 0.5) is 5.69 Å². The number of rotatable bonds is 14. The molecule has 180 valence electrons. The van der Waals surface area contributed by atoms with Crippen LogP contribution in [0, 0.1) is 0 Å². The van der Waals surface area contributed by atoms with Gasteiger partial charge in [-0.15, -0.1) is 0 Å². The van der Waals surface area contributed by atoms with Gasteiger partial charge >= 0.3 is 29.6 Å². The van der Waals surface area contributed by atoms with Gasteiger partial charge < -0.3 is 19.8 Å². The first-order chi connectivity index (χ1) is 16.4. The summed E-state index contributed by atoms with van der Waals surface area (Å²) in [5.74, 6) is -0.861. The Hall–Kier alpha value is -2.34. The summed E-state index contributed by atoms with van der Waals surface area (Å²) in [6.07, 6.45) is 8.81. The number of ketones is 1. The molecule has 0 amide bonds. The zero-order valence-corrected chi connectivity index (χ0v) is 23.3. The van der Waals surface area contributed by atoms with Gasteiger partial charge in [0.1, 0.15) is 0 Å². The summed E-state index contributed by atoms with van der Waals surface area (Å²) in [4.78, 5) is 24.0. The number of nitrogens with zero attached hydrogens (tertiary/aromatic N) is 1. The normalized spacial score (nSPS) is 10.7. The van der Waals surface area contributed by atoms with Crippen molar-refractivity contribution in [3.8, 4) is 0 Å². The van der Waals surface area contributed by atoms with Crippen LogP contribution in [0.5, 0.6) is 0 Å². The van der Waals surface area contributed by atoms with Gasteiger partial charge in [0.05, 0.1) is 0 Å². The third kappa shape index (κ3) is 9.32. The summed E-state index contributed by atoms with van der Waals surface area (Å²) >= 11 is 0. The number of aliphatic carboxylic acids is 1. The second-order valence-electron chi connectivity index (χ2n) is 9.13. The van der Waals surface area contributed by atoms with Crippen molar-refractivity contribution in [3.05, 3.63) is 89.2 Å². The molecule has 0 spiro atoms. The van der Waals surface area contributed by atoms with Crippen LogP contribution in [-0.4, -0.2) is 22.9 Å². The van der Waals surface area contributed by atoms with Crippen LogP contribution in [0.1, 0.15) is 78.9 Å². The van der Waals surface area contributed by atoms with Crippen molar-refractivity contribution in [2.45, 2.75) is 64.8 Å². The van der Waals surface area contributed by atoms with Crippen molar-refractivity contribution in [1.29, 1.82) is 0 Å². The molecule has 0 aliphatic carbocycles. The van der Waals surface area contributed by atoms with Gasteiger partial charge in [0, 0.05) is 48.3 Å². The first-order valence-corrected chi connectivity index (χ1v) is 12.3. The molecule has 0 unspecified atom stereocenters. The first-order valence-electron chi connectivity index (χ1n) is 12.3. The Balaban J connectivity index is 0.00000432. The number of hydrogen-bond donors (Lipinski definition) is 1. The number of unbranched alkanes of at least 4 members (excludes halogenated alkanes) is 2. The minimum atomic E-state index is -1.05. The molecule has 1 heterocycles. The molecule has 0 bridgehead atoms. The van der Waals surface area contributed by atoms with Gasteiger partial charge in [-0.3, -0.25) is 4.79 Å². The Morgan fingerprint density at radius 1 is 0.943 bits per heavy atom. The second kappa shape index (κ2) is 14.9. The molecule has 0 radical (unpaired) electrons. The second-order valence-corrected chi connectivity index (χ2v) is 9.13. The minimum Gasteiger partial charge on any atom is -0.550 e. The zero-order valence-electron chi connectivity index (χ0n) is 21.3. The van der Waals surface area contributed by atoms with E-state index in [1.807, 2.05) is 47.3 Å². The topological polar surface area (TPSA) is 74.2 Å². The van der Waals surface area contributed by atoms with Crippen molar-refractivity contribution in [2.75, 3.05) is 11.9 Å². The quantitative estimate of drug-likeness (QED) is 0.217. The molecule has 0 saturated heterocycles. The fourth-order valence-corrected chi connectivity index (χ4v) is 4.14. The van der Waals surface area contributed by atoms with E-state index in [2.05, 4.69) is 43.4 Å². The molecule has 2 aromatic carbocycles. The number of carboxylic acid groups (broad SMARTS) is 1. The van der Waals surface area contributed by atoms with Gasteiger partial charge in [-0.2, -0.15) is 0 Å². The van der Waals surface area contributed by atoms with E-state index >= 15 is 0 Å².